The fourth-order valence-corrected chi connectivity index (χ4v) is 2.56. The summed E-state index contributed by atoms with van der Waals surface area (Å²) in [5.41, 5.74) is 6.68. The predicted molar refractivity (Wildman–Crippen MR) is 72.4 cm³/mol. The fraction of sp³-hybridized carbons (Fsp3) is 0.571. The third kappa shape index (κ3) is 3.30. The Bertz CT molecular complexity index is 406. The Labute approximate surface area is 113 Å². The lowest BCUT2D eigenvalue weighted by atomic mass is 10.1. The third-order valence-electron chi connectivity index (χ3n) is 3.64. The lowest BCUT2D eigenvalue weighted by Gasteiger charge is -2.26. The molecular formula is C14H21N3O2. The number of hydrogen-bond acceptors (Lipinski definition) is 4. The number of ether oxygens (including phenoxy) is 1. The highest BCUT2D eigenvalue weighted by atomic mass is 16.5. The normalized spacial score (nSPS) is 20.5. The number of carbonyl (C=O) groups excluding carboxylic acids is 1. The summed E-state index contributed by atoms with van der Waals surface area (Å²) in [5, 5.41) is 0. The Morgan fingerprint density at radius 2 is 2.53 bits per heavy atom. The van der Waals surface area contributed by atoms with Crippen LogP contribution in [0.1, 0.15) is 30.9 Å². The number of amides is 1. The van der Waals surface area contributed by atoms with E-state index in [-0.39, 0.29) is 18.1 Å². The van der Waals surface area contributed by atoms with Gasteiger partial charge >= 0.3 is 0 Å². The number of likely N-dealkylation sites (tertiary alicyclic amines) is 1. The highest BCUT2D eigenvalue weighted by molar-refractivity contribution is 5.77. The summed E-state index contributed by atoms with van der Waals surface area (Å²) < 4.78 is 5.19. The molecule has 5 heteroatoms. The monoisotopic (exact) mass is 263 g/mol. The molecule has 104 valence electrons. The number of carbonyl (C=O) groups is 1. The summed E-state index contributed by atoms with van der Waals surface area (Å²) in [6.07, 6.45) is 5.78. The second kappa shape index (κ2) is 6.63. The maximum atomic E-state index is 12.3. The van der Waals surface area contributed by atoms with Crippen LogP contribution in [0.5, 0.6) is 0 Å². The van der Waals surface area contributed by atoms with Gasteiger partial charge in [-0.3, -0.25) is 9.78 Å². The number of methoxy groups -OCH3 is 1. The summed E-state index contributed by atoms with van der Waals surface area (Å²) in [7, 11) is 1.59. The third-order valence-corrected chi connectivity index (χ3v) is 3.64. The van der Waals surface area contributed by atoms with Crippen molar-refractivity contribution in [2.24, 2.45) is 5.73 Å². The van der Waals surface area contributed by atoms with E-state index in [0.29, 0.717) is 13.0 Å². The topological polar surface area (TPSA) is 68.5 Å². The van der Waals surface area contributed by atoms with Crippen molar-refractivity contribution in [2.45, 2.75) is 31.4 Å². The number of pyridine rings is 1. The van der Waals surface area contributed by atoms with Gasteiger partial charge in [-0.1, -0.05) is 6.07 Å². The zero-order valence-corrected chi connectivity index (χ0v) is 11.3. The zero-order chi connectivity index (χ0) is 13.7. The van der Waals surface area contributed by atoms with E-state index < -0.39 is 0 Å². The Balaban J connectivity index is 2.04. The number of aromatic nitrogens is 1. The van der Waals surface area contributed by atoms with Crippen LogP contribution < -0.4 is 5.73 Å². The van der Waals surface area contributed by atoms with E-state index in [0.717, 1.165) is 24.9 Å². The van der Waals surface area contributed by atoms with Crippen molar-refractivity contribution in [3.63, 3.8) is 0 Å². The average molecular weight is 263 g/mol. The van der Waals surface area contributed by atoms with Crippen LogP contribution in [0, 0.1) is 0 Å². The molecule has 2 atom stereocenters. The van der Waals surface area contributed by atoms with Gasteiger partial charge in [0.2, 0.25) is 5.91 Å². The van der Waals surface area contributed by atoms with Gasteiger partial charge in [-0.2, -0.15) is 0 Å². The quantitative estimate of drug-likeness (QED) is 0.864. The lowest BCUT2D eigenvalue weighted by molar-refractivity contribution is -0.134. The molecule has 0 aromatic carbocycles. The van der Waals surface area contributed by atoms with Crippen molar-refractivity contribution in [3.8, 4) is 0 Å². The Morgan fingerprint density at radius 1 is 1.68 bits per heavy atom. The van der Waals surface area contributed by atoms with Gasteiger partial charge in [-0.15, -0.1) is 0 Å². The summed E-state index contributed by atoms with van der Waals surface area (Å²) in [4.78, 5) is 18.4. The number of nitrogens with zero attached hydrogens (tertiary/aromatic N) is 2. The molecule has 2 rings (SSSR count). The van der Waals surface area contributed by atoms with Crippen molar-refractivity contribution in [1.82, 2.24) is 9.88 Å². The smallest absolute Gasteiger partial charge is 0.225 e. The first-order chi connectivity index (χ1) is 9.26. The highest BCUT2D eigenvalue weighted by Crippen LogP contribution is 2.32. The van der Waals surface area contributed by atoms with Crippen LogP contribution in [-0.2, 0) is 9.53 Å². The van der Waals surface area contributed by atoms with Crippen LogP contribution in [0.15, 0.2) is 24.5 Å². The molecular weight excluding hydrogens is 242 g/mol. The highest BCUT2D eigenvalue weighted by Gasteiger charge is 2.30. The van der Waals surface area contributed by atoms with Crippen LogP contribution in [-0.4, -0.2) is 42.1 Å². The van der Waals surface area contributed by atoms with E-state index >= 15 is 0 Å². The van der Waals surface area contributed by atoms with Crippen LogP contribution in [0.3, 0.4) is 0 Å². The van der Waals surface area contributed by atoms with Crippen molar-refractivity contribution in [1.29, 1.82) is 0 Å². The van der Waals surface area contributed by atoms with Gasteiger partial charge in [0.05, 0.1) is 18.6 Å². The second-order valence-electron chi connectivity index (χ2n) is 4.83. The number of nitrogens with two attached hydrogens (primary N) is 1. The van der Waals surface area contributed by atoms with Crippen LogP contribution in [0.25, 0.3) is 0 Å². The van der Waals surface area contributed by atoms with Crippen molar-refractivity contribution in [2.75, 3.05) is 20.2 Å². The molecule has 2 N–H and O–H groups in total. The molecule has 0 aliphatic carbocycles. The van der Waals surface area contributed by atoms with Crippen LogP contribution >= 0.6 is 0 Å². The minimum absolute atomic E-state index is 0.114. The standard InChI is InChI=1S/C14H21N3O2/c1-19-12(9-15)8-14(18)17-7-3-5-13(17)11-4-2-6-16-10-11/h2,4,6,10,12-13H,3,5,7-9,15H2,1H3. The molecule has 1 fully saturated rings. The first-order valence-corrected chi connectivity index (χ1v) is 6.68. The molecule has 1 aromatic rings. The van der Waals surface area contributed by atoms with Crippen molar-refractivity contribution < 1.29 is 9.53 Å². The van der Waals surface area contributed by atoms with E-state index in [1.54, 1.807) is 13.3 Å². The van der Waals surface area contributed by atoms with Gasteiger partial charge in [-0.25, -0.2) is 0 Å². The van der Waals surface area contributed by atoms with E-state index in [1.165, 1.54) is 0 Å². The molecule has 0 saturated carbocycles. The molecule has 1 aliphatic heterocycles. The Morgan fingerprint density at radius 3 is 3.16 bits per heavy atom. The number of rotatable bonds is 5. The summed E-state index contributed by atoms with van der Waals surface area (Å²) in [5.74, 6) is 0.114. The van der Waals surface area contributed by atoms with Gasteiger partial charge in [0.1, 0.15) is 0 Å². The lowest BCUT2D eigenvalue weighted by Crippen LogP contribution is -2.35. The molecule has 2 unspecified atom stereocenters. The Kier molecular flexibility index (Phi) is 4.87. The minimum Gasteiger partial charge on any atom is -0.380 e. The van der Waals surface area contributed by atoms with E-state index in [9.17, 15) is 4.79 Å². The van der Waals surface area contributed by atoms with E-state index in [1.807, 2.05) is 23.2 Å². The zero-order valence-electron chi connectivity index (χ0n) is 11.3. The Hall–Kier alpha value is -1.46. The molecule has 5 nitrogen and oxygen atoms in total. The van der Waals surface area contributed by atoms with Gasteiger partial charge in [-0.05, 0) is 24.5 Å². The summed E-state index contributed by atoms with van der Waals surface area (Å²) in [6, 6.07) is 4.09. The maximum absolute atomic E-state index is 12.3. The largest absolute Gasteiger partial charge is 0.380 e. The molecule has 0 bridgehead atoms. The fourth-order valence-electron chi connectivity index (χ4n) is 2.56. The average Bonchev–Trinajstić information content (AvgIpc) is 2.95. The van der Waals surface area contributed by atoms with Crippen molar-refractivity contribution in [3.05, 3.63) is 30.1 Å². The summed E-state index contributed by atoms with van der Waals surface area (Å²) in [6.45, 7) is 1.17. The molecule has 19 heavy (non-hydrogen) atoms. The maximum Gasteiger partial charge on any atom is 0.225 e. The first-order valence-electron chi connectivity index (χ1n) is 6.68. The van der Waals surface area contributed by atoms with Crippen molar-refractivity contribution >= 4 is 5.91 Å². The van der Waals surface area contributed by atoms with E-state index in [2.05, 4.69) is 4.98 Å². The van der Waals surface area contributed by atoms with Gasteiger partial charge < -0.3 is 15.4 Å². The molecule has 1 amide bonds. The van der Waals surface area contributed by atoms with Gasteiger partial charge in [0, 0.05) is 32.6 Å². The van der Waals surface area contributed by atoms with Gasteiger partial charge in [0.15, 0.2) is 0 Å². The molecule has 1 aromatic heterocycles. The minimum atomic E-state index is -0.192. The van der Waals surface area contributed by atoms with Gasteiger partial charge in [0.25, 0.3) is 0 Å². The predicted octanol–water partition coefficient (Wildman–Crippen LogP) is 1.11. The van der Waals surface area contributed by atoms with Crippen LogP contribution in [0.2, 0.25) is 0 Å². The molecule has 1 saturated heterocycles. The SMILES string of the molecule is COC(CN)CC(=O)N1CCCC1c1cccnc1. The van der Waals surface area contributed by atoms with Crippen LogP contribution in [0.4, 0.5) is 0 Å². The molecule has 2 heterocycles. The second-order valence-corrected chi connectivity index (χ2v) is 4.83. The molecule has 1 aliphatic rings. The van der Waals surface area contributed by atoms with E-state index in [4.69, 9.17) is 10.5 Å². The summed E-state index contributed by atoms with van der Waals surface area (Å²) >= 11 is 0. The molecule has 0 radical (unpaired) electrons. The first kappa shape index (κ1) is 14.0. The molecule has 0 spiro atoms. The number of hydrogen-bond donors (Lipinski definition) is 1.